The molecule has 0 saturated heterocycles. The average molecular weight is 251 g/mol. The summed E-state index contributed by atoms with van der Waals surface area (Å²) in [6, 6.07) is 0. The van der Waals surface area contributed by atoms with Crippen LogP contribution in [0.3, 0.4) is 0 Å². The maximum Gasteiger partial charge on any atom is 0.226 e. The molecule has 1 fully saturated rings. The van der Waals surface area contributed by atoms with E-state index in [2.05, 4.69) is 22.4 Å². The summed E-state index contributed by atoms with van der Waals surface area (Å²) in [7, 11) is 1.96. The fraction of sp³-hybridized carbons (Fsp3) is 0.857. The van der Waals surface area contributed by atoms with Gasteiger partial charge in [0.25, 0.3) is 0 Å². The van der Waals surface area contributed by atoms with Gasteiger partial charge in [-0.1, -0.05) is 31.3 Å². The van der Waals surface area contributed by atoms with Gasteiger partial charge in [0.1, 0.15) is 0 Å². The summed E-state index contributed by atoms with van der Waals surface area (Å²) in [5, 5.41) is 7.31. The van der Waals surface area contributed by atoms with Crippen molar-refractivity contribution in [3.63, 3.8) is 0 Å². The third-order valence-electron chi connectivity index (χ3n) is 4.03. The summed E-state index contributed by atoms with van der Waals surface area (Å²) in [4.78, 5) is 4.57. The van der Waals surface area contributed by atoms with E-state index in [0.29, 0.717) is 5.92 Å². The normalized spacial score (nSPS) is 24.3. The third kappa shape index (κ3) is 3.55. The number of aryl methyl sites for hydroxylation is 1. The minimum absolute atomic E-state index is 0.533. The topological polar surface area (TPSA) is 51.0 Å². The minimum Gasteiger partial charge on any atom is -0.339 e. The number of nitrogens with one attached hydrogen (secondary N) is 1. The Morgan fingerprint density at radius 2 is 2.28 bits per heavy atom. The maximum absolute atomic E-state index is 5.34. The Labute approximate surface area is 110 Å². The summed E-state index contributed by atoms with van der Waals surface area (Å²) in [6.07, 6.45) is 8.38. The molecule has 0 amide bonds. The van der Waals surface area contributed by atoms with Crippen molar-refractivity contribution in [1.29, 1.82) is 0 Å². The first-order chi connectivity index (χ1) is 8.83. The lowest BCUT2D eigenvalue weighted by molar-refractivity contribution is 0.298. The molecule has 1 N–H and O–H groups in total. The fourth-order valence-electron chi connectivity index (χ4n) is 2.85. The van der Waals surface area contributed by atoms with E-state index >= 15 is 0 Å². The van der Waals surface area contributed by atoms with Crippen molar-refractivity contribution in [2.45, 2.75) is 57.8 Å². The van der Waals surface area contributed by atoms with Gasteiger partial charge in [0.2, 0.25) is 5.89 Å². The van der Waals surface area contributed by atoms with E-state index in [0.717, 1.165) is 37.0 Å². The molecule has 1 heterocycles. The number of aromatic nitrogens is 2. The predicted molar refractivity (Wildman–Crippen MR) is 71.5 cm³/mol. The molecule has 1 aliphatic carbocycles. The molecule has 0 aliphatic heterocycles. The van der Waals surface area contributed by atoms with E-state index in [1.165, 1.54) is 32.1 Å². The van der Waals surface area contributed by atoms with Gasteiger partial charge in [0.05, 0.1) is 0 Å². The first kappa shape index (κ1) is 13.5. The van der Waals surface area contributed by atoms with Crippen LogP contribution in [0.1, 0.15) is 63.1 Å². The van der Waals surface area contributed by atoms with E-state index < -0.39 is 0 Å². The summed E-state index contributed by atoms with van der Waals surface area (Å²) >= 11 is 0. The lowest BCUT2D eigenvalue weighted by Crippen LogP contribution is -2.14. The molecule has 0 aromatic carbocycles. The molecule has 0 spiro atoms. The zero-order valence-corrected chi connectivity index (χ0v) is 11.6. The average Bonchev–Trinajstić information content (AvgIpc) is 2.88. The van der Waals surface area contributed by atoms with Crippen LogP contribution < -0.4 is 5.32 Å². The van der Waals surface area contributed by atoms with Crippen molar-refractivity contribution in [3.05, 3.63) is 11.7 Å². The van der Waals surface area contributed by atoms with Crippen LogP contribution in [0.2, 0.25) is 0 Å². The number of hydrogen-bond donors (Lipinski definition) is 1. The van der Waals surface area contributed by atoms with E-state index in [1.54, 1.807) is 0 Å². The standard InChI is InChI=1S/C14H25N3O/c1-3-11-6-4-7-12(10-11)14-16-13(18-17-14)8-5-9-15-2/h11-12,15H,3-10H2,1-2H3. The highest BCUT2D eigenvalue weighted by Crippen LogP contribution is 2.36. The Morgan fingerprint density at radius 3 is 3.06 bits per heavy atom. The molecule has 4 nitrogen and oxygen atoms in total. The molecule has 2 atom stereocenters. The molecule has 18 heavy (non-hydrogen) atoms. The summed E-state index contributed by atoms with van der Waals surface area (Å²) < 4.78 is 5.34. The molecule has 1 aromatic rings. The SMILES string of the molecule is CCC1CCCC(c2noc(CCCNC)n2)C1. The third-order valence-corrected chi connectivity index (χ3v) is 4.03. The predicted octanol–water partition coefficient (Wildman–Crippen LogP) is 2.91. The molecule has 1 aromatic heterocycles. The number of hydrogen-bond acceptors (Lipinski definition) is 4. The van der Waals surface area contributed by atoms with Crippen molar-refractivity contribution in [1.82, 2.24) is 15.5 Å². The molecule has 0 radical (unpaired) electrons. The lowest BCUT2D eigenvalue weighted by atomic mass is 9.80. The van der Waals surface area contributed by atoms with Crippen molar-refractivity contribution < 1.29 is 4.52 Å². The van der Waals surface area contributed by atoms with E-state index in [1.807, 2.05) is 7.05 Å². The molecular formula is C14H25N3O. The Hall–Kier alpha value is -0.900. The Balaban J connectivity index is 1.88. The van der Waals surface area contributed by atoms with Crippen molar-refractivity contribution >= 4 is 0 Å². The van der Waals surface area contributed by atoms with Gasteiger partial charge in [-0.3, -0.25) is 0 Å². The van der Waals surface area contributed by atoms with Crippen molar-refractivity contribution in [2.24, 2.45) is 5.92 Å². The highest BCUT2D eigenvalue weighted by Gasteiger charge is 2.25. The van der Waals surface area contributed by atoms with Gasteiger partial charge in [-0.25, -0.2) is 0 Å². The van der Waals surface area contributed by atoms with Gasteiger partial charge >= 0.3 is 0 Å². The highest BCUT2D eigenvalue weighted by atomic mass is 16.5. The smallest absolute Gasteiger partial charge is 0.226 e. The monoisotopic (exact) mass is 251 g/mol. The molecule has 2 rings (SSSR count). The van der Waals surface area contributed by atoms with Crippen LogP contribution in [0, 0.1) is 5.92 Å². The van der Waals surface area contributed by atoms with Crippen LogP contribution in [0.25, 0.3) is 0 Å². The minimum atomic E-state index is 0.533. The van der Waals surface area contributed by atoms with Crippen LogP contribution >= 0.6 is 0 Å². The summed E-state index contributed by atoms with van der Waals surface area (Å²) in [5.41, 5.74) is 0. The molecule has 1 saturated carbocycles. The van der Waals surface area contributed by atoms with Gasteiger partial charge < -0.3 is 9.84 Å². The van der Waals surface area contributed by atoms with E-state index in [9.17, 15) is 0 Å². The number of rotatable bonds is 6. The Bertz CT molecular complexity index is 351. The van der Waals surface area contributed by atoms with Gasteiger partial charge in [-0.15, -0.1) is 0 Å². The van der Waals surface area contributed by atoms with E-state index in [-0.39, 0.29) is 0 Å². The summed E-state index contributed by atoms with van der Waals surface area (Å²) in [6.45, 7) is 3.28. The van der Waals surface area contributed by atoms with Gasteiger partial charge in [-0.05, 0) is 38.8 Å². The molecule has 2 unspecified atom stereocenters. The molecular weight excluding hydrogens is 226 g/mol. The van der Waals surface area contributed by atoms with Crippen LogP contribution in [0.5, 0.6) is 0 Å². The van der Waals surface area contributed by atoms with Crippen LogP contribution in [-0.2, 0) is 6.42 Å². The van der Waals surface area contributed by atoms with Gasteiger partial charge in [0, 0.05) is 12.3 Å². The van der Waals surface area contributed by atoms with Crippen molar-refractivity contribution in [3.8, 4) is 0 Å². The Kier molecular flexibility index (Phi) is 5.17. The van der Waals surface area contributed by atoms with Gasteiger partial charge in [0.15, 0.2) is 5.82 Å². The molecule has 102 valence electrons. The second-order valence-corrected chi connectivity index (χ2v) is 5.39. The fourth-order valence-corrected chi connectivity index (χ4v) is 2.85. The lowest BCUT2D eigenvalue weighted by Gasteiger charge is -2.26. The van der Waals surface area contributed by atoms with Gasteiger partial charge in [-0.2, -0.15) is 4.98 Å². The molecule has 4 heteroatoms. The van der Waals surface area contributed by atoms with E-state index in [4.69, 9.17) is 4.52 Å². The van der Waals surface area contributed by atoms with Crippen LogP contribution in [0.15, 0.2) is 4.52 Å². The Morgan fingerprint density at radius 1 is 1.39 bits per heavy atom. The first-order valence-electron chi connectivity index (χ1n) is 7.30. The van der Waals surface area contributed by atoms with Crippen LogP contribution in [0.4, 0.5) is 0 Å². The second kappa shape index (κ2) is 6.88. The quantitative estimate of drug-likeness (QED) is 0.790. The largest absolute Gasteiger partial charge is 0.339 e. The molecule has 1 aliphatic rings. The van der Waals surface area contributed by atoms with Crippen molar-refractivity contribution in [2.75, 3.05) is 13.6 Å². The summed E-state index contributed by atoms with van der Waals surface area (Å²) in [5.74, 6) is 3.15. The first-order valence-corrected chi connectivity index (χ1v) is 7.30. The molecule has 0 bridgehead atoms. The zero-order chi connectivity index (χ0) is 12.8. The number of nitrogens with zero attached hydrogens (tertiary/aromatic N) is 2. The maximum atomic E-state index is 5.34. The van der Waals surface area contributed by atoms with Crippen LogP contribution in [-0.4, -0.2) is 23.7 Å². The highest BCUT2D eigenvalue weighted by molar-refractivity contribution is 4.98. The zero-order valence-electron chi connectivity index (χ0n) is 11.6. The second-order valence-electron chi connectivity index (χ2n) is 5.39.